The summed E-state index contributed by atoms with van der Waals surface area (Å²) in [6.45, 7) is 2.79. The van der Waals surface area contributed by atoms with Crippen LogP contribution in [0.5, 0.6) is 0 Å². The summed E-state index contributed by atoms with van der Waals surface area (Å²) in [5, 5.41) is 0.360. The number of carbonyl (C=O) groups excluding carboxylic acids is 1. The van der Waals surface area contributed by atoms with E-state index < -0.39 is 12.7 Å². The normalized spacial score (nSPS) is 13.4. The number of unbranched alkanes of at least 4 members (excludes halogenated alkanes) is 1. The minimum absolute atomic E-state index is 0.0982. The van der Waals surface area contributed by atoms with E-state index in [0.717, 1.165) is 17.7 Å². The zero-order chi connectivity index (χ0) is 14.2. The zero-order valence-corrected chi connectivity index (χ0v) is 12.5. The van der Waals surface area contributed by atoms with Gasteiger partial charge in [-0.2, -0.15) is 13.2 Å². The van der Waals surface area contributed by atoms with Crippen molar-refractivity contribution in [3.05, 3.63) is 0 Å². The second-order valence-electron chi connectivity index (χ2n) is 4.31. The van der Waals surface area contributed by atoms with E-state index >= 15 is 0 Å². The van der Waals surface area contributed by atoms with Crippen molar-refractivity contribution in [1.82, 2.24) is 4.90 Å². The first-order valence-electron chi connectivity index (χ1n) is 6.27. The average Bonchev–Trinajstić information content (AvgIpc) is 2.27. The van der Waals surface area contributed by atoms with Crippen LogP contribution in [0, 0.1) is 5.92 Å². The average molecular weight is 332 g/mol. The largest absolute Gasteiger partial charge is 0.406 e. The Morgan fingerprint density at radius 1 is 1.33 bits per heavy atom. The molecule has 0 aliphatic carbocycles. The van der Waals surface area contributed by atoms with Gasteiger partial charge in [-0.1, -0.05) is 42.6 Å². The minimum Gasteiger partial charge on any atom is -0.333 e. The molecule has 0 fully saturated rings. The summed E-state index contributed by atoms with van der Waals surface area (Å²) in [4.78, 5) is 13.0. The molecule has 1 amide bonds. The van der Waals surface area contributed by atoms with E-state index in [1.165, 1.54) is 0 Å². The minimum atomic E-state index is -4.33. The van der Waals surface area contributed by atoms with Gasteiger partial charge in [0.25, 0.3) is 0 Å². The molecule has 1 atom stereocenters. The standard InChI is InChI=1S/C12H21BrF3NO/c1-3-5-6-10(4-2)11(18)17(8-7-13)9-12(14,15)16/h10H,3-9H2,1-2H3. The van der Waals surface area contributed by atoms with E-state index in [1.54, 1.807) is 0 Å². The Bertz CT molecular complexity index is 246. The lowest BCUT2D eigenvalue weighted by Crippen LogP contribution is -2.43. The van der Waals surface area contributed by atoms with Crippen molar-refractivity contribution < 1.29 is 18.0 Å². The molecule has 2 nitrogen and oxygen atoms in total. The van der Waals surface area contributed by atoms with E-state index in [0.29, 0.717) is 18.2 Å². The molecule has 108 valence electrons. The summed E-state index contributed by atoms with van der Waals surface area (Å²) in [6, 6.07) is 0. The highest BCUT2D eigenvalue weighted by molar-refractivity contribution is 9.09. The van der Waals surface area contributed by atoms with E-state index in [2.05, 4.69) is 15.9 Å². The molecule has 1 unspecified atom stereocenters. The number of hydrogen-bond acceptors (Lipinski definition) is 1. The molecule has 0 rings (SSSR count). The number of amides is 1. The fourth-order valence-electron chi connectivity index (χ4n) is 1.80. The van der Waals surface area contributed by atoms with Crippen LogP contribution in [0.15, 0.2) is 0 Å². The van der Waals surface area contributed by atoms with Crippen LogP contribution >= 0.6 is 15.9 Å². The lowest BCUT2D eigenvalue weighted by molar-refractivity contribution is -0.163. The molecular weight excluding hydrogens is 311 g/mol. The van der Waals surface area contributed by atoms with Crippen LogP contribution < -0.4 is 0 Å². The number of carbonyl (C=O) groups is 1. The van der Waals surface area contributed by atoms with Crippen LogP contribution in [0.2, 0.25) is 0 Å². The number of halogens is 4. The molecule has 0 bridgehead atoms. The van der Waals surface area contributed by atoms with E-state index in [4.69, 9.17) is 0 Å². The van der Waals surface area contributed by atoms with Gasteiger partial charge in [0.1, 0.15) is 6.54 Å². The fraction of sp³-hybridized carbons (Fsp3) is 0.917. The Balaban J connectivity index is 4.60. The van der Waals surface area contributed by atoms with Crippen LogP contribution in [-0.4, -0.2) is 35.4 Å². The van der Waals surface area contributed by atoms with Crippen molar-refractivity contribution in [2.45, 2.75) is 45.7 Å². The third-order valence-corrected chi connectivity index (χ3v) is 3.14. The third kappa shape index (κ3) is 7.24. The first-order valence-corrected chi connectivity index (χ1v) is 7.39. The number of nitrogens with zero attached hydrogens (tertiary/aromatic N) is 1. The van der Waals surface area contributed by atoms with Crippen molar-refractivity contribution in [1.29, 1.82) is 0 Å². The summed E-state index contributed by atoms with van der Waals surface area (Å²) in [5.74, 6) is -0.658. The van der Waals surface area contributed by atoms with E-state index in [1.807, 2.05) is 13.8 Å². The Labute approximate surface area is 115 Å². The van der Waals surface area contributed by atoms with Gasteiger partial charge in [0.05, 0.1) is 0 Å². The highest BCUT2D eigenvalue weighted by Gasteiger charge is 2.34. The van der Waals surface area contributed by atoms with Crippen molar-refractivity contribution >= 4 is 21.8 Å². The summed E-state index contributed by atoms with van der Waals surface area (Å²) < 4.78 is 37.2. The third-order valence-electron chi connectivity index (χ3n) is 2.78. The smallest absolute Gasteiger partial charge is 0.333 e. The lowest BCUT2D eigenvalue weighted by Gasteiger charge is -2.27. The molecule has 0 saturated carbocycles. The SMILES string of the molecule is CCCCC(CC)C(=O)N(CCBr)CC(F)(F)F. The van der Waals surface area contributed by atoms with E-state index in [9.17, 15) is 18.0 Å². The van der Waals surface area contributed by atoms with Gasteiger partial charge in [-0.3, -0.25) is 4.79 Å². The monoisotopic (exact) mass is 331 g/mol. The number of hydrogen-bond donors (Lipinski definition) is 0. The highest BCUT2D eigenvalue weighted by Crippen LogP contribution is 2.21. The molecule has 18 heavy (non-hydrogen) atoms. The highest BCUT2D eigenvalue weighted by atomic mass is 79.9. The van der Waals surface area contributed by atoms with Crippen molar-refractivity contribution in [2.75, 3.05) is 18.4 Å². The molecule has 0 saturated heterocycles. The summed E-state index contributed by atoms with van der Waals surface area (Å²) in [7, 11) is 0. The summed E-state index contributed by atoms with van der Waals surface area (Å²) in [5.41, 5.74) is 0. The summed E-state index contributed by atoms with van der Waals surface area (Å²) >= 11 is 3.09. The second kappa shape index (κ2) is 8.77. The number of alkyl halides is 4. The lowest BCUT2D eigenvalue weighted by atomic mass is 9.97. The molecular formula is C12H21BrF3NO. The molecule has 0 spiro atoms. The van der Waals surface area contributed by atoms with Gasteiger partial charge in [-0.05, 0) is 12.8 Å². The van der Waals surface area contributed by atoms with Crippen LogP contribution in [0.3, 0.4) is 0 Å². The van der Waals surface area contributed by atoms with Gasteiger partial charge < -0.3 is 4.90 Å². The van der Waals surface area contributed by atoms with Crippen LogP contribution in [0.1, 0.15) is 39.5 Å². The Hall–Kier alpha value is -0.260. The summed E-state index contributed by atoms with van der Waals surface area (Å²) in [6.07, 6.45) is -1.25. The van der Waals surface area contributed by atoms with Crippen LogP contribution in [-0.2, 0) is 4.79 Å². The predicted octanol–water partition coefficient (Wildman–Crippen LogP) is 3.99. The molecule has 0 heterocycles. The molecule has 0 aromatic heterocycles. The first kappa shape index (κ1) is 17.7. The van der Waals surface area contributed by atoms with Crippen molar-refractivity contribution in [3.63, 3.8) is 0 Å². The molecule has 0 aromatic carbocycles. The van der Waals surface area contributed by atoms with Gasteiger partial charge in [0.2, 0.25) is 5.91 Å². The van der Waals surface area contributed by atoms with Gasteiger partial charge in [-0.15, -0.1) is 0 Å². The second-order valence-corrected chi connectivity index (χ2v) is 5.10. The van der Waals surface area contributed by atoms with Crippen LogP contribution in [0.25, 0.3) is 0 Å². The molecule has 0 aliphatic heterocycles. The maximum atomic E-state index is 12.4. The molecule has 0 aromatic rings. The topological polar surface area (TPSA) is 20.3 Å². The van der Waals surface area contributed by atoms with Gasteiger partial charge in [0, 0.05) is 17.8 Å². The maximum absolute atomic E-state index is 12.4. The molecule has 0 N–H and O–H groups in total. The van der Waals surface area contributed by atoms with Crippen molar-refractivity contribution in [2.24, 2.45) is 5.92 Å². The number of rotatable bonds is 8. The molecule has 0 aliphatic rings. The van der Waals surface area contributed by atoms with Gasteiger partial charge in [0.15, 0.2) is 0 Å². The van der Waals surface area contributed by atoms with Gasteiger partial charge in [-0.25, -0.2) is 0 Å². The van der Waals surface area contributed by atoms with E-state index in [-0.39, 0.29) is 18.4 Å². The Morgan fingerprint density at radius 2 is 1.94 bits per heavy atom. The van der Waals surface area contributed by atoms with Crippen molar-refractivity contribution in [3.8, 4) is 0 Å². The quantitative estimate of drug-likeness (QED) is 0.616. The van der Waals surface area contributed by atoms with Crippen LogP contribution in [0.4, 0.5) is 13.2 Å². The zero-order valence-electron chi connectivity index (χ0n) is 10.9. The molecule has 6 heteroatoms. The fourth-order valence-corrected chi connectivity index (χ4v) is 2.22. The molecule has 0 radical (unpaired) electrons. The maximum Gasteiger partial charge on any atom is 0.406 e. The Morgan fingerprint density at radius 3 is 2.33 bits per heavy atom. The first-order chi connectivity index (χ1) is 8.35. The predicted molar refractivity (Wildman–Crippen MR) is 69.7 cm³/mol. The van der Waals surface area contributed by atoms with Gasteiger partial charge >= 0.3 is 6.18 Å². The Kier molecular flexibility index (Phi) is 8.65.